The Balaban J connectivity index is 2.12. The summed E-state index contributed by atoms with van der Waals surface area (Å²) in [6.07, 6.45) is 1.81. The van der Waals surface area contributed by atoms with Crippen molar-refractivity contribution in [2.45, 2.75) is 20.3 Å². The molecule has 0 unspecified atom stereocenters. The van der Waals surface area contributed by atoms with Crippen LogP contribution in [0.5, 0.6) is 5.75 Å². The lowest BCUT2D eigenvalue weighted by Crippen LogP contribution is -2.22. The van der Waals surface area contributed by atoms with Crippen molar-refractivity contribution in [1.29, 1.82) is 0 Å². The van der Waals surface area contributed by atoms with Gasteiger partial charge >= 0.3 is 5.69 Å². The molecule has 1 aromatic heterocycles. The Hall–Kier alpha value is -2.78. The standard InChI is InChI=1S/C19H16BrClN4O4/c1-3-17-23-15-6-5-12(20)9-13(15)19(26)24(17)22-10-11-7-14(21)18(29-4-2)16(8-11)25(27)28/h5-10H,3-4H2,1-2H3. The molecule has 1 heterocycles. The zero-order chi connectivity index (χ0) is 21.1. The molecule has 2 aromatic carbocycles. The molecule has 0 atom stereocenters. The summed E-state index contributed by atoms with van der Waals surface area (Å²) >= 11 is 9.49. The molecule has 0 aliphatic heterocycles. The molecule has 0 aliphatic rings. The molecule has 0 amide bonds. The zero-order valence-electron chi connectivity index (χ0n) is 15.6. The zero-order valence-corrected chi connectivity index (χ0v) is 17.9. The number of hydrogen-bond donors (Lipinski definition) is 0. The number of aromatic nitrogens is 2. The number of hydrogen-bond acceptors (Lipinski definition) is 6. The topological polar surface area (TPSA) is 99.6 Å². The highest BCUT2D eigenvalue weighted by Gasteiger charge is 2.20. The minimum Gasteiger partial charge on any atom is -0.486 e. The normalized spacial score (nSPS) is 11.3. The molecule has 0 saturated carbocycles. The maximum absolute atomic E-state index is 12.9. The Morgan fingerprint density at radius 3 is 2.76 bits per heavy atom. The molecule has 0 saturated heterocycles. The van der Waals surface area contributed by atoms with E-state index < -0.39 is 4.92 Å². The molecule has 0 fully saturated rings. The van der Waals surface area contributed by atoms with Crippen LogP contribution < -0.4 is 10.3 Å². The summed E-state index contributed by atoms with van der Waals surface area (Å²) in [5, 5.41) is 16.1. The molecule has 3 rings (SSSR count). The molecule has 0 bridgehead atoms. The third-order valence-electron chi connectivity index (χ3n) is 4.05. The van der Waals surface area contributed by atoms with Gasteiger partial charge in [-0.15, -0.1) is 0 Å². The van der Waals surface area contributed by atoms with Crippen LogP contribution in [0.2, 0.25) is 5.02 Å². The third-order valence-corrected chi connectivity index (χ3v) is 4.82. The van der Waals surface area contributed by atoms with Gasteiger partial charge in [0.15, 0.2) is 0 Å². The lowest BCUT2D eigenvalue weighted by Gasteiger charge is -2.09. The number of halogens is 2. The number of nitrogens with zero attached hydrogens (tertiary/aromatic N) is 4. The SMILES string of the molecule is CCOc1c(Cl)cc(C=Nn2c(CC)nc3ccc(Br)cc3c2=O)cc1[N+](=O)[O-]. The highest BCUT2D eigenvalue weighted by atomic mass is 79.9. The summed E-state index contributed by atoms with van der Waals surface area (Å²) in [6.45, 7) is 3.80. The van der Waals surface area contributed by atoms with E-state index in [1.165, 1.54) is 23.0 Å². The average Bonchev–Trinajstić information content (AvgIpc) is 2.69. The van der Waals surface area contributed by atoms with E-state index in [-0.39, 0.29) is 28.6 Å². The smallest absolute Gasteiger partial charge is 0.313 e. The van der Waals surface area contributed by atoms with Gasteiger partial charge in [0, 0.05) is 22.5 Å². The Labute approximate surface area is 179 Å². The van der Waals surface area contributed by atoms with Gasteiger partial charge in [0.2, 0.25) is 5.75 Å². The first-order valence-electron chi connectivity index (χ1n) is 8.72. The van der Waals surface area contributed by atoms with Crippen LogP contribution in [0, 0.1) is 10.1 Å². The van der Waals surface area contributed by atoms with Crippen molar-refractivity contribution >= 4 is 50.3 Å². The monoisotopic (exact) mass is 478 g/mol. The molecule has 150 valence electrons. The quantitative estimate of drug-likeness (QED) is 0.293. The lowest BCUT2D eigenvalue weighted by atomic mass is 10.2. The molecule has 0 spiro atoms. The number of nitro benzene ring substituents is 1. The lowest BCUT2D eigenvalue weighted by molar-refractivity contribution is -0.385. The molecule has 8 nitrogen and oxygen atoms in total. The second kappa shape index (κ2) is 8.71. The van der Waals surface area contributed by atoms with Gasteiger partial charge in [0.05, 0.1) is 33.7 Å². The van der Waals surface area contributed by atoms with E-state index in [4.69, 9.17) is 16.3 Å². The van der Waals surface area contributed by atoms with E-state index in [2.05, 4.69) is 26.0 Å². The number of fused-ring (bicyclic) bond motifs is 1. The van der Waals surface area contributed by atoms with Crippen molar-refractivity contribution in [3.63, 3.8) is 0 Å². The molecule has 29 heavy (non-hydrogen) atoms. The second-order valence-electron chi connectivity index (χ2n) is 5.95. The minimum absolute atomic E-state index is 0.0000437. The first-order chi connectivity index (χ1) is 13.8. The molecule has 10 heteroatoms. The van der Waals surface area contributed by atoms with Gasteiger partial charge in [-0.05, 0) is 31.2 Å². The molecule has 0 N–H and O–H groups in total. The Bertz CT molecular complexity index is 1190. The Kier molecular flexibility index (Phi) is 6.29. The van der Waals surface area contributed by atoms with E-state index in [9.17, 15) is 14.9 Å². The van der Waals surface area contributed by atoms with Gasteiger partial charge < -0.3 is 4.74 Å². The van der Waals surface area contributed by atoms with E-state index in [0.29, 0.717) is 28.7 Å². The predicted octanol–water partition coefficient (Wildman–Crippen LogP) is 4.56. The van der Waals surface area contributed by atoms with E-state index >= 15 is 0 Å². The molecule has 3 aromatic rings. The van der Waals surface area contributed by atoms with Crippen molar-refractivity contribution < 1.29 is 9.66 Å². The highest BCUT2D eigenvalue weighted by Crippen LogP contribution is 2.35. The number of nitro groups is 1. The number of benzene rings is 2. The van der Waals surface area contributed by atoms with Gasteiger partial charge in [0.25, 0.3) is 5.56 Å². The number of ether oxygens (including phenoxy) is 1. The van der Waals surface area contributed by atoms with Gasteiger partial charge in [-0.1, -0.05) is 34.5 Å². The van der Waals surface area contributed by atoms with Crippen molar-refractivity contribution in [1.82, 2.24) is 9.66 Å². The fourth-order valence-corrected chi connectivity index (χ4v) is 3.40. The van der Waals surface area contributed by atoms with Crippen LogP contribution in [0.1, 0.15) is 25.2 Å². The van der Waals surface area contributed by atoms with Gasteiger partial charge in [-0.3, -0.25) is 14.9 Å². The summed E-state index contributed by atoms with van der Waals surface area (Å²) in [5.41, 5.74) is 0.315. The van der Waals surface area contributed by atoms with E-state index in [1.54, 1.807) is 19.1 Å². The van der Waals surface area contributed by atoms with Crippen molar-refractivity contribution in [3.05, 3.63) is 71.7 Å². The average molecular weight is 480 g/mol. The van der Waals surface area contributed by atoms with Gasteiger partial charge in [0.1, 0.15) is 5.82 Å². The fourth-order valence-electron chi connectivity index (χ4n) is 2.76. The van der Waals surface area contributed by atoms with Crippen LogP contribution in [0.25, 0.3) is 10.9 Å². The fraction of sp³-hybridized carbons (Fsp3) is 0.211. The molecular weight excluding hydrogens is 464 g/mol. The maximum atomic E-state index is 12.9. The highest BCUT2D eigenvalue weighted by molar-refractivity contribution is 9.10. The predicted molar refractivity (Wildman–Crippen MR) is 115 cm³/mol. The Morgan fingerprint density at radius 1 is 1.34 bits per heavy atom. The first kappa shape index (κ1) is 20.9. The van der Waals surface area contributed by atoms with Crippen LogP contribution in [0.15, 0.2) is 44.7 Å². The van der Waals surface area contributed by atoms with Gasteiger partial charge in [-0.25, -0.2) is 4.98 Å². The minimum atomic E-state index is -0.576. The molecule has 0 aliphatic carbocycles. The second-order valence-corrected chi connectivity index (χ2v) is 7.27. The van der Waals surface area contributed by atoms with E-state index in [0.717, 1.165) is 4.47 Å². The van der Waals surface area contributed by atoms with Crippen molar-refractivity contribution in [3.8, 4) is 5.75 Å². The number of aryl methyl sites for hydroxylation is 1. The van der Waals surface area contributed by atoms with Crippen LogP contribution in [-0.4, -0.2) is 27.4 Å². The Morgan fingerprint density at radius 2 is 2.10 bits per heavy atom. The molecule has 0 radical (unpaired) electrons. The summed E-state index contributed by atoms with van der Waals surface area (Å²) in [5.74, 6) is 0.465. The first-order valence-corrected chi connectivity index (χ1v) is 9.89. The summed E-state index contributed by atoms with van der Waals surface area (Å²) in [7, 11) is 0. The van der Waals surface area contributed by atoms with Crippen LogP contribution in [0.4, 0.5) is 5.69 Å². The summed E-state index contributed by atoms with van der Waals surface area (Å²) < 4.78 is 7.21. The largest absolute Gasteiger partial charge is 0.486 e. The molecular formula is C19H16BrClN4O4. The van der Waals surface area contributed by atoms with Gasteiger partial charge in [-0.2, -0.15) is 9.78 Å². The number of rotatable bonds is 6. The van der Waals surface area contributed by atoms with Crippen LogP contribution in [-0.2, 0) is 6.42 Å². The van der Waals surface area contributed by atoms with Crippen molar-refractivity contribution in [2.24, 2.45) is 5.10 Å². The third kappa shape index (κ3) is 4.30. The van der Waals surface area contributed by atoms with Crippen molar-refractivity contribution in [2.75, 3.05) is 6.61 Å². The summed E-state index contributed by atoms with van der Waals surface area (Å²) in [6, 6.07) is 8.02. The van der Waals surface area contributed by atoms with Crippen LogP contribution in [0.3, 0.4) is 0 Å². The summed E-state index contributed by atoms with van der Waals surface area (Å²) in [4.78, 5) is 28.2. The van der Waals surface area contributed by atoms with E-state index in [1.807, 2.05) is 13.0 Å². The van der Waals surface area contributed by atoms with Crippen LogP contribution >= 0.6 is 27.5 Å². The maximum Gasteiger partial charge on any atom is 0.313 e.